The molecular weight excluding hydrogens is 280 g/mol. The smallest absolute Gasteiger partial charge is 0.124 e. The van der Waals surface area contributed by atoms with E-state index in [4.69, 9.17) is 9.72 Å². The molecule has 0 aliphatic carbocycles. The average Bonchev–Trinajstić information content (AvgIpc) is 2.91. The molecule has 1 aromatic carbocycles. The Bertz CT molecular complexity index is 560. The van der Waals surface area contributed by atoms with Crippen LogP contribution < -0.4 is 5.32 Å². The number of aromatic nitrogens is 1. The Kier molecular flexibility index (Phi) is 5.37. The minimum atomic E-state index is -0.290. The highest BCUT2D eigenvalue weighted by molar-refractivity contribution is 7.09. The van der Waals surface area contributed by atoms with Crippen molar-refractivity contribution in [2.75, 3.05) is 18.5 Å². The fraction of sp³-hybridized carbons (Fsp3) is 0.471. The van der Waals surface area contributed by atoms with Crippen molar-refractivity contribution in [3.8, 4) is 0 Å². The summed E-state index contributed by atoms with van der Waals surface area (Å²) in [6, 6.07) is 8.46. The van der Waals surface area contributed by atoms with Crippen LogP contribution in [-0.2, 0) is 16.8 Å². The largest absolute Gasteiger partial charge is 0.385 e. The molecule has 0 aliphatic heterocycles. The molecule has 114 valence electrons. The van der Waals surface area contributed by atoms with Gasteiger partial charge in [0, 0.05) is 30.6 Å². The fourth-order valence-electron chi connectivity index (χ4n) is 2.13. The number of ether oxygens (including phenoxy) is 1. The maximum Gasteiger partial charge on any atom is 0.124 e. The van der Waals surface area contributed by atoms with Gasteiger partial charge in [-0.3, -0.25) is 0 Å². The molecule has 0 radical (unpaired) electrons. The topological polar surface area (TPSA) is 34.1 Å². The van der Waals surface area contributed by atoms with Crippen LogP contribution in [0.3, 0.4) is 0 Å². The second-order valence-corrected chi connectivity index (χ2v) is 6.49. The van der Waals surface area contributed by atoms with Crippen LogP contribution in [0, 0.1) is 6.92 Å². The van der Waals surface area contributed by atoms with Gasteiger partial charge in [-0.15, -0.1) is 11.3 Å². The third-order valence-electron chi connectivity index (χ3n) is 3.33. The molecule has 0 saturated carbocycles. The highest BCUT2D eigenvalue weighted by Crippen LogP contribution is 2.27. The Balaban J connectivity index is 1.87. The number of benzene rings is 1. The first kappa shape index (κ1) is 16.0. The van der Waals surface area contributed by atoms with Gasteiger partial charge in [0.15, 0.2) is 0 Å². The van der Waals surface area contributed by atoms with E-state index in [1.807, 2.05) is 6.92 Å². The van der Waals surface area contributed by atoms with Crippen LogP contribution in [-0.4, -0.2) is 18.1 Å². The lowest BCUT2D eigenvalue weighted by Gasteiger charge is -2.21. The van der Waals surface area contributed by atoms with E-state index in [2.05, 4.69) is 55.7 Å². The summed E-state index contributed by atoms with van der Waals surface area (Å²) in [6.45, 7) is 9.86. The van der Waals surface area contributed by atoms with E-state index in [-0.39, 0.29) is 5.60 Å². The maximum atomic E-state index is 5.75. The van der Waals surface area contributed by atoms with Gasteiger partial charge < -0.3 is 10.1 Å². The summed E-state index contributed by atoms with van der Waals surface area (Å²) in [4.78, 5) is 4.70. The van der Waals surface area contributed by atoms with Gasteiger partial charge >= 0.3 is 0 Å². The number of anilines is 1. The number of thiazole rings is 1. The standard InChI is InChI=1S/C17H24N2OS/c1-5-20-17(3,4)16-19-15(12-21-16)10-11-18-14-8-6-13(2)7-9-14/h6-9,12,18H,5,10-11H2,1-4H3. The minimum Gasteiger partial charge on any atom is -0.385 e. The summed E-state index contributed by atoms with van der Waals surface area (Å²) in [5, 5.41) is 6.61. The van der Waals surface area contributed by atoms with E-state index in [1.54, 1.807) is 11.3 Å². The Morgan fingerprint density at radius 2 is 1.95 bits per heavy atom. The van der Waals surface area contributed by atoms with E-state index in [0.717, 1.165) is 29.4 Å². The second kappa shape index (κ2) is 7.05. The van der Waals surface area contributed by atoms with Crippen molar-refractivity contribution in [3.63, 3.8) is 0 Å². The Morgan fingerprint density at radius 1 is 1.24 bits per heavy atom. The zero-order valence-electron chi connectivity index (χ0n) is 13.3. The number of hydrogen-bond acceptors (Lipinski definition) is 4. The molecule has 1 aromatic heterocycles. The summed E-state index contributed by atoms with van der Waals surface area (Å²) in [5.41, 5.74) is 3.28. The minimum absolute atomic E-state index is 0.290. The molecule has 21 heavy (non-hydrogen) atoms. The quantitative estimate of drug-likeness (QED) is 0.824. The summed E-state index contributed by atoms with van der Waals surface area (Å²) in [5.74, 6) is 0. The van der Waals surface area contributed by atoms with Gasteiger partial charge in [0.2, 0.25) is 0 Å². The van der Waals surface area contributed by atoms with E-state index < -0.39 is 0 Å². The number of nitrogens with one attached hydrogen (secondary N) is 1. The first-order valence-electron chi connectivity index (χ1n) is 7.40. The Labute approximate surface area is 131 Å². The zero-order chi connectivity index (χ0) is 15.3. The number of aryl methyl sites for hydroxylation is 1. The van der Waals surface area contributed by atoms with Gasteiger partial charge in [0.1, 0.15) is 10.6 Å². The number of nitrogens with zero attached hydrogens (tertiary/aromatic N) is 1. The third kappa shape index (κ3) is 4.55. The Hall–Kier alpha value is -1.39. The van der Waals surface area contributed by atoms with Gasteiger partial charge in [-0.25, -0.2) is 4.98 Å². The van der Waals surface area contributed by atoms with Crippen molar-refractivity contribution in [3.05, 3.63) is 45.9 Å². The molecule has 0 unspecified atom stereocenters. The fourth-order valence-corrected chi connectivity index (χ4v) is 3.06. The van der Waals surface area contributed by atoms with Gasteiger partial charge in [-0.05, 0) is 39.8 Å². The Morgan fingerprint density at radius 3 is 2.62 bits per heavy atom. The van der Waals surface area contributed by atoms with E-state index in [9.17, 15) is 0 Å². The third-order valence-corrected chi connectivity index (χ3v) is 4.53. The SMILES string of the molecule is CCOC(C)(C)c1nc(CCNc2ccc(C)cc2)cs1. The summed E-state index contributed by atoms with van der Waals surface area (Å²) in [6.07, 6.45) is 0.923. The predicted molar refractivity (Wildman–Crippen MR) is 90.1 cm³/mol. The van der Waals surface area contributed by atoms with Crippen molar-refractivity contribution >= 4 is 17.0 Å². The van der Waals surface area contributed by atoms with Gasteiger partial charge in [0.25, 0.3) is 0 Å². The molecule has 0 aliphatic rings. The highest BCUT2D eigenvalue weighted by atomic mass is 32.1. The molecule has 0 saturated heterocycles. The normalized spacial score (nSPS) is 11.6. The van der Waals surface area contributed by atoms with Crippen molar-refractivity contribution in [2.24, 2.45) is 0 Å². The van der Waals surface area contributed by atoms with Crippen LogP contribution in [0.1, 0.15) is 37.0 Å². The molecule has 1 heterocycles. The van der Waals surface area contributed by atoms with Crippen LogP contribution >= 0.6 is 11.3 Å². The molecule has 2 aromatic rings. The summed E-state index contributed by atoms with van der Waals surface area (Å²) < 4.78 is 5.75. The molecule has 1 N–H and O–H groups in total. The maximum absolute atomic E-state index is 5.75. The number of rotatable bonds is 7. The van der Waals surface area contributed by atoms with Crippen molar-refractivity contribution in [2.45, 2.75) is 39.7 Å². The first-order chi connectivity index (χ1) is 10.0. The van der Waals surface area contributed by atoms with E-state index in [0.29, 0.717) is 6.61 Å². The van der Waals surface area contributed by atoms with Crippen LogP contribution in [0.4, 0.5) is 5.69 Å². The molecule has 0 amide bonds. The van der Waals surface area contributed by atoms with E-state index >= 15 is 0 Å². The predicted octanol–water partition coefficient (Wildman–Crippen LogP) is 4.38. The zero-order valence-corrected chi connectivity index (χ0v) is 14.1. The van der Waals surface area contributed by atoms with Crippen LogP contribution in [0.2, 0.25) is 0 Å². The lowest BCUT2D eigenvalue weighted by atomic mass is 10.1. The van der Waals surface area contributed by atoms with Crippen molar-refractivity contribution < 1.29 is 4.74 Å². The van der Waals surface area contributed by atoms with Crippen LogP contribution in [0.15, 0.2) is 29.6 Å². The first-order valence-corrected chi connectivity index (χ1v) is 8.28. The molecule has 0 spiro atoms. The van der Waals surface area contributed by atoms with E-state index in [1.165, 1.54) is 5.56 Å². The lowest BCUT2D eigenvalue weighted by Crippen LogP contribution is -2.21. The van der Waals surface area contributed by atoms with Crippen molar-refractivity contribution in [1.29, 1.82) is 0 Å². The van der Waals surface area contributed by atoms with Crippen molar-refractivity contribution in [1.82, 2.24) is 4.98 Å². The van der Waals surface area contributed by atoms with Gasteiger partial charge in [-0.1, -0.05) is 17.7 Å². The molecular formula is C17H24N2OS. The van der Waals surface area contributed by atoms with Crippen LogP contribution in [0.25, 0.3) is 0 Å². The molecule has 0 fully saturated rings. The van der Waals surface area contributed by atoms with Gasteiger partial charge in [0.05, 0.1) is 5.69 Å². The molecule has 2 rings (SSSR count). The van der Waals surface area contributed by atoms with Crippen LogP contribution in [0.5, 0.6) is 0 Å². The number of hydrogen-bond donors (Lipinski definition) is 1. The summed E-state index contributed by atoms with van der Waals surface area (Å²) >= 11 is 1.68. The molecule has 0 bridgehead atoms. The highest BCUT2D eigenvalue weighted by Gasteiger charge is 2.24. The second-order valence-electron chi connectivity index (χ2n) is 5.63. The lowest BCUT2D eigenvalue weighted by molar-refractivity contribution is -0.0142. The summed E-state index contributed by atoms with van der Waals surface area (Å²) in [7, 11) is 0. The molecule has 4 heteroatoms. The monoisotopic (exact) mass is 304 g/mol. The average molecular weight is 304 g/mol. The molecule has 0 atom stereocenters. The molecule has 3 nitrogen and oxygen atoms in total. The van der Waals surface area contributed by atoms with Gasteiger partial charge in [-0.2, -0.15) is 0 Å².